The molecule has 3 aliphatic rings. The molecule has 0 fully saturated rings. The van der Waals surface area contributed by atoms with E-state index in [-0.39, 0.29) is 16.2 Å². The molecule has 1 heteroatoms. The second-order valence-corrected chi connectivity index (χ2v) is 17.5. The van der Waals surface area contributed by atoms with E-state index in [1.54, 1.807) is 0 Å². The third-order valence-corrected chi connectivity index (χ3v) is 13.3. The lowest BCUT2D eigenvalue weighted by Gasteiger charge is -2.29. The first-order valence-electron chi connectivity index (χ1n) is 19.9. The molecule has 0 atom stereocenters. The van der Waals surface area contributed by atoms with Crippen LogP contribution in [-0.2, 0) is 16.2 Å². The number of hydrogen-bond donors (Lipinski definition) is 0. The fourth-order valence-corrected chi connectivity index (χ4v) is 10.8. The molecule has 0 radical (unpaired) electrons. The van der Waals surface area contributed by atoms with E-state index in [0.717, 1.165) is 17.1 Å². The van der Waals surface area contributed by atoms with Gasteiger partial charge in [-0.05, 0) is 141 Å². The number of nitrogens with zero attached hydrogens (tertiary/aromatic N) is 1. The van der Waals surface area contributed by atoms with E-state index in [0.29, 0.717) is 0 Å². The molecule has 0 aromatic heterocycles. The summed E-state index contributed by atoms with van der Waals surface area (Å²) in [5, 5.41) is 0. The van der Waals surface area contributed by atoms with E-state index >= 15 is 0 Å². The van der Waals surface area contributed by atoms with E-state index in [1.165, 1.54) is 83.5 Å². The van der Waals surface area contributed by atoms with Crippen LogP contribution in [0, 0.1) is 0 Å². The first kappa shape index (κ1) is 35.1. The van der Waals surface area contributed by atoms with Crippen molar-refractivity contribution in [2.24, 2.45) is 0 Å². The zero-order valence-corrected chi connectivity index (χ0v) is 33.8. The fourth-order valence-electron chi connectivity index (χ4n) is 10.8. The Morgan fingerprint density at radius 3 is 0.782 bits per heavy atom. The summed E-state index contributed by atoms with van der Waals surface area (Å²) < 4.78 is 0. The van der Waals surface area contributed by atoms with Crippen LogP contribution in [0.2, 0.25) is 0 Å². The average Bonchev–Trinajstić information content (AvgIpc) is 3.63. The molecule has 272 valence electrons. The van der Waals surface area contributed by atoms with Gasteiger partial charge in [0.25, 0.3) is 0 Å². The number of allylic oxidation sites excluding steroid dienone is 6. The van der Waals surface area contributed by atoms with Gasteiger partial charge in [0, 0.05) is 33.3 Å². The molecule has 0 amide bonds. The highest BCUT2D eigenvalue weighted by Gasteiger charge is 2.39. The first-order valence-corrected chi connectivity index (χ1v) is 19.9. The number of anilines is 3. The Hall–Kier alpha value is -5.66. The van der Waals surface area contributed by atoms with Crippen LogP contribution in [0.4, 0.5) is 17.1 Å². The molecule has 55 heavy (non-hydrogen) atoms. The Balaban J connectivity index is 1.12. The molecule has 0 heterocycles. The minimum absolute atomic E-state index is 0.0610. The monoisotopic (exact) mass is 713 g/mol. The van der Waals surface area contributed by atoms with E-state index in [4.69, 9.17) is 0 Å². The van der Waals surface area contributed by atoms with Crippen LogP contribution >= 0.6 is 0 Å². The Kier molecular flexibility index (Phi) is 7.93. The van der Waals surface area contributed by atoms with E-state index in [1.807, 2.05) is 0 Å². The van der Waals surface area contributed by atoms with Crippen LogP contribution in [-0.4, -0.2) is 0 Å². The topological polar surface area (TPSA) is 3.24 Å². The summed E-state index contributed by atoms with van der Waals surface area (Å²) in [5.74, 6) is 0. The lowest BCUT2D eigenvalue weighted by molar-refractivity contribution is 0.703. The van der Waals surface area contributed by atoms with Crippen molar-refractivity contribution in [2.75, 3.05) is 4.90 Å². The van der Waals surface area contributed by atoms with E-state index in [2.05, 4.69) is 213 Å². The van der Waals surface area contributed by atoms with Gasteiger partial charge in [-0.2, -0.15) is 0 Å². The predicted molar refractivity (Wildman–Crippen MR) is 237 cm³/mol. The third kappa shape index (κ3) is 5.20. The first-order chi connectivity index (χ1) is 26.3. The zero-order valence-electron chi connectivity index (χ0n) is 33.8. The second-order valence-electron chi connectivity index (χ2n) is 17.5. The lowest BCUT2D eigenvalue weighted by atomic mass is 9.78. The van der Waals surface area contributed by atoms with Crippen molar-refractivity contribution in [1.29, 1.82) is 0 Å². The van der Waals surface area contributed by atoms with Gasteiger partial charge in [0.15, 0.2) is 0 Å². The second kappa shape index (κ2) is 12.4. The van der Waals surface area contributed by atoms with Gasteiger partial charge < -0.3 is 4.90 Å². The number of fused-ring (bicyclic) bond motifs is 3. The molecule has 6 aromatic carbocycles. The molecular formula is C54H51N. The molecular weight excluding hydrogens is 663 g/mol. The van der Waals surface area contributed by atoms with Crippen LogP contribution in [0.5, 0.6) is 0 Å². The molecule has 0 spiro atoms. The van der Waals surface area contributed by atoms with Crippen molar-refractivity contribution in [3.63, 3.8) is 0 Å². The SMILES string of the molecule is CC1=C(c2ccc(N(c3ccc(C4=C(C)c5ccccc5C4(C)C)cc3)c3ccc(C4=C(C)c5ccccc5C4(C)C)cc3)cc2)C(C)(C)c2ccccc21. The van der Waals surface area contributed by atoms with E-state index in [9.17, 15) is 0 Å². The van der Waals surface area contributed by atoms with Gasteiger partial charge in [-0.25, -0.2) is 0 Å². The average molecular weight is 714 g/mol. The fraction of sp³-hybridized carbons (Fsp3) is 0.222. The predicted octanol–water partition coefficient (Wildman–Crippen LogP) is 14.8. The summed E-state index contributed by atoms with van der Waals surface area (Å²) in [6, 6.07) is 54.5. The normalized spacial score (nSPS) is 17.4. The molecule has 0 saturated carbocycles. The molecule has 0 aliphatic heterocycles. The Labute approximate surface area is 328 Å². The molecule has 6 aromatic rings. The highest BCUT2D eigenvalue weighted by Crippen LogP contribution is 2.54. The Morgan fingerprint density at radius 1 is 0.309 bits per heavy atom. The summed E-state index contributed by atoms with van der Waals surface area (Å²) in [6.45, 7) is 21.0. The molecule has 3 aliphatic carbocycles. The van der Waals surface area contributed by atoms with Crippen LogP contribution in [0.25, 0.3) is 33.4 Å². The molecule has 9 rings (SSSR count). The van der Waals surface area contributed by atoms with Crippen molar-refractivity contribution in [3.05, 3.63) is 196 Å². The number of benzene rings is 6. The summed E-state index contributed by atoms with van der Waals surface area (Å²) >= 11 is 0. The molecule has 0 unspecified atom stereocenters. The van der Waals surface area contributed by atoms with Crippen LogP contribution in [0.15, 0.2) is 146 Å². The number of hydrogen-bond acceptors (Lipinski definition) is 1. The van der Waals surface area contributed by atoms with Crippen molar-refractivity contribution in [2.45, 2.75) is 78.6 Å². The summed E-state index contributed by atoms with van der Waals surface area (Å²) in [6.07, 6.45) is 0. The summed E-state index contributed by atoms with van der Waals surface area (Å²) in [5.41, 5.74) is 23.8. The molecule has 0 N–H and O–H groups in total. The number of rotatable bonds is 6. The van der Waals surface area contributed by atoms with Gasteiger partial charge >= 0.3 is 0 Å². The smallest absolute Gasteiger partial charge is 0.0462 e. The van der Waals surface area contributed by atoms with Gasteiger partial charge in [-0.3, -0.25) is 0 Å². The van der Waals surface area contributed by atoms with Gasteiger partial charge in [0.2, 0.25) is 0 Å². The maximum Gasteiger partial charge on any atom is 0.0462 e. The van der Waals surface area contributed by atoms with Crippen LogP contribution < -0.4 is 4.90 Å². The summed E-state index contributed by atoms with van der Waals surface area (Å²) in [4.78, 5) is 2.42. The zero-order chi connectivity index (χ0) is 38.4. The highest BCUT2D eigenvalue weighted by atomic mass is 15.1. The minimum atomic E-state index is -0.0610. The third-order valence-electron chi connectivity index (χ3n) is 13.3. The van der Waals surface area contributed by atoms with Crippen molar-refractivity contribution < 1.29 is 0 Å². The van der Waals surface area contributed by atoms with Crippen molar-refractivity contribution in [1.82, 2.24) is 0 Å². The molecule has 0 saturated heterocycles. The van der Waals surface area contributed by atoms with Gasteiger partial charge in [-0.1, -0.05) is 151 Å². The van der Waals surface area contributed by atoms with Gasteiger partial charge in [0.1, 0.15) is 0 Å². The lowest BCUT2D eigenvalue weighted by Crippen LogP contribution is -2.17. The quantitative estimate of drug-likeness (QED) is 0.166. The maximum atomic E-state index is 2.42. The largest absolute Gasteiger partial charge is 0.311 e. The van der Waals surface area contributed by atoms with Gasteiger partial charge in [-0.15, -0.1) is 0 Å². The summed E-state index contributed by atoms with van der Waals surface area (Å²) in [7, 11) is 0. The van der Waals surface area contributed by atoms with E-state index < -0.39 is 0 Å². The molecule has 0 bridgehead atoms. The Bertz CT molecular complexity index is 2310. The maximum absolute atomic E-state index is 2.42. The van der Waals surface area contributed by atoms with Crippen molar-refractivity contribution in [3.8, 4) is 0 Å². The minimum Gasteiger partial charge on any atom is -0.311 e. The van der Waals surface area contributed by atoms with Crippen LogP contribution in [0.3, 0.4) is 0 Å². The standard InChI is InChI=1S/C54H51N/c1-34-43-16-10-13-19-46(43)52(4,5)49(34)37-22-28-40(29-23-37)55(41-30-24-38(25-31-41)50-35(2)44-17-11-14-20-47(44)53(50,6)7)42-32-26-39(27-33-42)51-36(3)45-18-12-15-21-48(45)54(51,8)9/h10-33H,1-9H3. The van der Waals surface area contributed by atoms with Crippen LogP contribution in [0.1, 0.15) is 112 Å². The molecule has 1 nitrogen and oxygen atoms in total. The Morgan fingerprint density at radius 2 is 0.545 bits per heavy atom. The highest BCUT2D eigenvalue weighted by molar-refractivity contribution is 6.03. The van der Waals surface area contributed by atoms with Crippen molar-refractivity contribution >= 4 is 50.5 Å². The van der Waals surface area contributed by atoms with Gasteiger partial charge in [0.05, 0.1) is 0 Å².